The van der Waals surface area contributed by atoms with Crippen molar-refractivity contribution in [3.05, 3.63) is 66.0 Å². The van der Waals surface area contributed by atoms with Crippen LogP contribution in [0.3, 0.4) is 0 Å². The van der Waals surface area contributed by atoms with Crippen LogP contribution in [0.5, 0.6) is 5.75 Å². The van der Waals surface area contributed by atoms with Crippen LogP contribution in [0.15, 0.2) is 54.6 Å². The number of ether oxygens (including phenoxy) is 3. The average molecular weight is 414 g/mol. The molecular weight excluding hydrogens is 391 g/mol. The van der Waals surface area contributed by atoms with Crippen molar-refractivity contribution in [1.29, 1.82) is 0 Å². The fraction of sp³-hybridized carbons (Fsp3) is 0.364. The van der Waals surface area contributed by atoms with Crippen LogP contribution < -0.4 is 4.74 Å². The van der Waals surface area contributed by atoms with E-state index in [0.29, 0.717) is 25.4 Å². The van der Waals surface area contributed by atoms with Gasteiger partial charge in [0.05, 0.1) is 26.3 Å². The van der Waals surface area contributed by atoms with Gasteiger partial charge in [-0.15, -0.1) is 0 Å². The first-order valence-electron chi connectivity index (χ1n) is 9.83. The number of morpholine rings is 2. The van der Waals surface area contributed by atoms with Crippen molar-refractivity contribution in [3.63, 3.8) is 0 Å². The molecular formula is C22H23FN2O5. The highest BCUT2D eigenvalue weighted by atomic mass is 19.1. The summed E-state index contributed by atoms with van der Waals surface area (Å²) < 4.78 is 30.8. The summed E-state index contributed by atoms with van der Waals surface area (Å²) in [6, 6.07) is 14.7. The fourth-order valence-corrected chi connectivity index (χ4v) is 3.64. The highest BCUT2D eigenvalue weighted by Crippen LogP contribution is 2.26. The molecule has 0 aromatic heterocycles. The van der Waals surface area contributed by atoms with Gasteiger partial charge in [-0.3, -0.25) is 9.59 Å². The maximum atomic E-state index is 13.5. The Morgan fingerprint density at radius 1 is 0.967 bits per heavy atom. The van der Waals surface area contributed by atoms with Gasteiger partial charge in [0.1, 0.15) is 11.6 Å². The predicted octanol–water partition coefficient (Wildman–Crippen LogP) is 1.93. The molecule has 2 aliphatic rings. The van der Waals surface area contributed by atoms with Gasteiger partial charge >= 0.3 is 0 Å². The lowest BCUT2D eigenvalue weighted by molar-refractivity contribution is -0.284. The van der Waals surface area contributed by atoms with Gasteiger partial charge in [-0.1, -0.05) is 24.3 Å². The van der Waals surface area contributed by atoms with Crippen molar-refractivity contribution >= 4 is 11.8 Å². The van der Waals surface area contributed by atoms with E-state index in [1.54, 1.807) is 28.0 Å². The largest absolute Gasteiger partial charge is 0.484 e. The number of hydrogen-bond acceptors (Lipinski definition) is 5. The van der Waals surface area contributed by atoms with Gasteiger partial charge in [-0.2, -0.15) is 0 Å². The Balaban J connectivity index is 1.39. The molecule has 0 bridgehead atoms. The lowest BCUT2D eigenvalue weighted by Crippen LogP contribution is -2.64. The summed E-state index contributed by atoms with van der Waals surface area (Å²) >= 11 is 0. The van der Waals surface area contributed by atoms with E-state index < -0.39 is 11.6 Å². The molecule has 1 unspecified atom stereocenters. The SMILES string of the molecule is O=C(COc1ccccc1)N1CCOC2(C1)CN(C(=O)c1cccc(F)c1)CCO2. The van der Waals surface area contributed by atoms with E-state index in [2.05, 4.69) is 0 Å². The van der Waals surface area contributed by atoms with Gasteiger partial charge in [0.2, 0.25) is 5.79 Å². The lowest BCUT2D eigenvalue weighted by Gasteiger charge is -2.47. The predicted molar refractivity (Wildman–Crippen MR) is 105 cm³/mol. The van der Waals surface area contributed by atoms with E-state index in [-0.39, 0.29) is 43.7 Å². The summed E-state index contributed by atoms with van der Waals surface area (Å²) in [6.07, 6.45) is 0. The van der Waals surface area contributed by atoms with Crippen LogP contribution in [-0.4, -0.2) is 73.4 Å². The molecule has 1 spiro atoms. The quantitative estimate of drug-likeness (QED) is 0.765. The minimum atomic E-state index is -1.10. The molecule has 2 aromatic carbocycles. The molecule has 0 saturated carbocycles. The molecule has 8 heteroatoms. The third kappa shape index (κ3) is 4.60. The minimum absolute atomic E-state index is 0.0912. The van der Waals surface area contributed by atoms with Crippen molar-refractivity contribution in [2.75, 3.05) is 46.0 Å². The maximum Gasteiger partial charge on any atom is 0.260 e. The third-order valence-corrected chi connectivity index (χ3v) is 5.13. The molecule has 1 atom stereocenters. The van der Waals surface area contributed by atoms with Gasteiger partial charge < -0.3 is 24.0 Å². The van der Waals surface area contributed by atoms with Gasteiger partial charge in [0.15, 0.2) is 6.61 Å². The molecule has 158 valence electrons. The van der Waals surface area contributed by atoms with Crippen LogP contribution >= 0.6 is 0 Å². The van der Waals surface area contributed by atoms with E-state index >= 15 is 0 Å². The molecule has 4 rings (SSSR count). The van der Waals surface area contributed by atoms with Gasteiger partial charge in [0, 0.05) is 18.7 Å². The van der Waals surface area contributed by atoms with Crippen LogP contribution in [0.4, 0.5) is 4.39 Å². The molecule has 0 N–H and O–H groups in total. The van der Waals surface area contributed by atoms with Gasteiger partial charge in [-0.25, -0.2) is 4.39 Å². The monoisotopic (exact) mass is 414 g/mol. The highest BCUT2D eigenvalue weighted by Gasteiger charge is 2.44. The molecule has 2 amide bonds. The zero-order valence-electron chi connectivity index (χ0n) is 16.5. The van der Waals surface area contributed by atoms with E-state index in [4.69, 9.17) is 14.2 Å². The van der Waals surface area contributed by atoms with Crippen molar-refractivity contribution < 1.29 is 28.2 Å². The number of hydrogen-bond donors (Lipinski definition) is 0. The maximum absolute atomic E-state index is 13.5. The summed E-state index contributed by atoms with van der Waals surface area (Å²) in [4.78, 5) is 28.6. The van der Waals surface area contributed by atoms with Crippen LogP contribution in [0.25, 0.3) is 0 Å². The van der Waals surface area contributed by atoms with Crippen molar-refractivity contribution in [2.24, 2.45) is 0 Å². The number of benzene rings is 2. The Kier molecular flexibility index (Phi) is 5.96. The van der Waals surface area contributed by atoms with E-state index in [0.717, 1.165) is 0 Å². The number of amides is 2. The normalized spacial score (nSPS) is 21.5. The highest BCUT2D eigenvalue weighted by molar-refractivity contribution is 5.94. The molecule has 2 heterocycles. The number of rotatable bonds is 4. The average Bonchev–Trinajstić information content (AvgIpc) is 2.78. The molecule has 2 aliphatic heterocycles. The van der Waals surface area contributed by atoms with E-state index in [1.807, 2.05) is 18.2 Å². The topological polar surface area (TPSA) is 68.3 Å². The first-order chi connectivity index (χ1) is 14.5. The summed E-state index contributed by atoms with van der Waals surface area (Å²) in [5, 5.41) is 0. The van der Waals surface area contributed by atoms with Crippen molar-refractivity contribution in [1.82, 2.24) is 9.80 Å². The smallest absolute Gasteiger partial charge is 0.260 e. The van der Waals surface area contributed by atoms with Crippen LogP contribution in [-0.2, 0) is 14.3 Å². The molecule has 0 aliphatic carbocycles. The third-order valence-electron chi connectivity index (χ3n) is 5.13. The molecule has 7 nitrogen and oxygen atoms in total. The number of para-hydroxylation sites is 1. The zero-order chi connectivity index (χ0) is 21.0. The first-order valence-corrected chi connectivity index (χ1v) is 9.83. The zero-order valence-corrected chi connectivity index (χ0v) is 16.5. The molecule has 2 saturated heterocycles. The first kappa shape index (κ1) is 20.3. The Bertz CT molecular complexity index is 905. The standard InChI is InChI=1S/C22H23FN2O5/c23-18-6-4-5-17(13-18)21(27)25-10-12-30-22(16-25)15-24(9-11-29-22)20(26)14-28-19-7-2-1-3-8-19/h1-8,13H,9-12,14-16H2. The minimum Gasteiger partial charge on any atom is -0.484 e. The van der Waals surface area contributed by atoms with Crippen molar-refractivity contribution in [3.8, 4) is 5.75 Å². The molecule has 0 radical (unpaired) electrons. The Hall–Kier alpha value is -2.97. The number of halogens is 1. The van der Waals surface area contributed by atoms with Crippen LogP contribution in [0, 0.1) is 5.82 Å². The van der Waals surface area contributed by atoms with Gasteiger partial charge in [0.25, 0.3) is 11.8 Å². The second-order valence-corrected chi connectivity index (χ2v) is 7.26. The van der Waals surface area contributed by atoms with Crippen LogP contribution in [0.1, 0.15) is 10.4 Å². The Morgan fingerprint density at radius 2 is 1.67 bits per heavy atom. The van der Waals surface area contributed by atoms with Crippen molar-refractivity contribution in [2.45, 2.75) is 5.79 Å². The molecule has 30 heavy (non-hydrogen) atoms. The Morgan fingerprint density at radius 3 is 2.40 bits per heavy atom. The van der Waals surface area contributed by atoms with E-state index in [9.17, 15) is 14.0 Å². The summed E-state index contributed by atoms with van der Waals surface area (Å²) in [6.45, 7) is 1.60. The Labute approximate surface area is 173 Å². The second-order valence-electron chi connectivity index (χ2n) is 7.26. The van der Waals surface area contributed by atoms with Gasteiger partial charge in [-0.05, 0) is 30.3 Å². The lowest BCUT2D eigenvalue weighted by atomic mass is 10.1. The van der Waals surface area contributed by atoms with Crippen LogP contribution in [0.2, 0.25) is 0 Å². The number of carbonyl (C=O) groups is 2. The summed E-state index contributed by atoms with van der Waals surface area (Å²) in [7, 11) is 0. The summed E-state index contributed by atoms with van der Waals surface area (Å²) in [5.74, 6) is -1.42. The molecule has 2 aromatic rings. The number of nitrogens with zero attached hydrogens (tertiary/aromatic N) is 2. The molecule has 2 fully saturated rings. The fourth-order valence-electron chi connectivity index (χ4n) is 3.64. The summed E-state index contributed by atoms with van der Waals surface area (Å²) in [5.41, 5.74) is 0.270. The second kappa shape index (κ2) is 8.81. The number of carbonyl (C=O) groups excluding carboxylic acids is 2. The van der Waals surface area contributed by atoms with E-state index in [1.165, 1.54) is 18.2 Å².